The molecule has 0 saturated heterocycles. The maximum Gasteiger partial charge on any atom is 0.308 e. The number of esters is 1. The van der Waals surface area contributed by atoms with Crippen LogP contribution in [0.25, 0.3) is 10.9 Å². The van der Waals surface area contributed by atoms with Crippen molar-refractivity contribution in [1.82, 2.24) is 14.7 Å². The number of ether oxygens (including phenoxy) is 1. The normalized spacial score (nSPS) is 10.7. The van der Waals surface area contributed by atoms with E-state index < -0.39 is 5.97 Å². The van der Waals surface area contributed by atoms with Crippen LogP contribution < -0.4 is 5.43 Å². The molecule has 8 heteroatoms. The van der Waals surface area contributed by atoms with Gasteiger partial charge >= 0.3 is 5.97 Å². The Morgan fingerprint density at radius 3 is 2.62 bits per heavy atom. The van der Waals surface area contributed by atoms with E-state index in [1.165, 1.54) is 23.2 Å². The minimum absolute atomic E-state index is 0.00875. The van der Waals surface area contributed by atoms with Crippen LogP contribution in [-0.2, 0) is 27.4 Å². The van der Waals surface area contributed by atoms with E-state index in [0.717, 1.165) is 5.56 Å². The molecule has 0 atom stereocenters. The van der Waals surface area contributed by atoms with Gasteiger partial charge in [-0.05, 0) is 29.8 Å². The number of hydrogen-bond acceptors (Lipinski definition) is 5. The van der Waals surface area contributed by atoms with Crippen molar-refractivity contribution in [2.45, 2.75) is 19.5 Å². The second kappa shape index (κ2) is 9.09. The van der Waals surface area contributed by atoms with E-state index in [1.807, 2.05) is 0 Å². The Morgan fingerprint density at radius 2 is 1.86 bits per heavy atom. The van der Waals surface area contributed by atoms with Crippen LogP contribution in [0.5, 0.6) is 0 Å². The number of aryl methyl sites for hydroxylation is 1. The number of carbonyl (C=O) groups is 2. The standard InChI is InChI=1S/C21H20FN3O4/c1-24(13-15-6-8-16(22)9-7-15)20(27)14-29-21(28)10-11-25-18-5-3-2-4-17(18)19(26)12-23-25/h2-9,12H,10-11,13-14H2,1H3. The van der Waals surface area contributed by atoms with Gasteiger partial charge in [-0.15, -0.1) is 0 Å². The number of nitrogens with zero attached hydrogens (tertiary/aromatic N) is 3. The number of carbonyl (C=O) groups excluding carboxylic acids is 2. The van der Waals surface area contributed by atoms with E-state index in [4.69, 9.17) is 4.74 Å². The summed E-state index contributed by atoms with van der Waals surface area (Å²) in [5.41, 5.74) is 1.21. The lowest BCUT2D eigenvalue weighted by Gasteiger charge is -2.17. The van der Waals surface area contributed by atoms with Crippen LogP contribution in [0.3, 0.4) is 0 Å². The summed E-state index contributed by atoms with van der Waals surface area (Å²) in [6.07, 6.45) is 1.22. The lowest BCUT2D eigenvalue weighted by molar-refractivity contribution is -0.151. The molecule has 0 radical (unpaired) electrons. The first-order chi connectivity index (χ1) is 13.9. The third-order valence-electron chi connectivity index (χ3n) is 4.41. The van der Waals surface area contributed by atoms with Gasteiger partial charge in [-0.2, -0.15) is 5.10 Å². The lowest BCUT2D eigenvalue weighted by atomic mass is 10.2. The molecule has 0 spiro atoms. The summed E-state index contributed by atoms with van der Waals surface area (Å²) in [6, 6.07) is 12.8. The number of halogens is 1. The molecule has 2 aromatic carbocycles. The summed E-state index contributed by atoms with van der Waals surface area (Å²) in [4.78, 5) is 37.4. The Bertz CT molecular complexity index is 1080. The number of benzene rings is 2. The van der Waals surface area contributed by atoms with Gasteiger partial charge in [-0.1, -0.05) is 24.3 Å². The molecule has 3 aromatic rings. The quantitative estimate of drug-likeness (QED) is 0.571. The maximum absolute atomic E-state index is 12.9. The van der Waals surface area contributed by atoms with Crippen molar-refractivity contribution >= 4 is 22.8 Å². The second-order valence-corrected chi connectivity index (χ2v) is 6.54. The van der Waals surface area contributed by atoms with E-state index >= 15 is 0 Å². The third-order valence-corrected chi connectivity index (χ3v) is 4.41. The van der Waals surface area contributed by atoms with Crippen LogP contribution in [0.2, 0.25) is 0 Å². The third kappa shape index (κ3) is 5.25. The summed E-state index contributed by atoms with van der Waals surface area (Å²) < 4.78 is 19.5. The Kier molecular flexibility index (Phi) is 6.33. The highest BCUT2D eigenvalue weighted by Crippen LogP contribution is 2.09. The van der Waals surface area contributed by atoms with Gasteiger partial charge in [0.05, 0.1) is 24.7 Å². The molecule has 0 aliphatic rings. The SMILES string of the molecule is CN(Cc1ccc(F)cc1)C(=O)COC(=O)CCn1ncc(=O)c2ccccc21. The van der Waals surface area contributed by atoms with Crippen LogP contribution in [0, 0.1) is 5.82 Å². The molecule has 150 valence electrons. The van der Waals surface area contributed by atoms with Crippen molar-refractivity contribution in [2.75, 3.05) is 13.7 Å². The second-order valence-electron chi connectivity index (χ2n) is 6.54. The molecule has 7 nitrogen and oxygen atoms in total. The van der Waals surface area contributed by atoms with E-state index in [9.17, 15) is 18.8 Å². The highest BCUT2D eigenvalue weighted by atomic mass is 19.1. The van der Waals surface area contributed by atoms with E-state index in [2.05, 4.69) is 5.10 Å². The van der Waals surface area contributed by atoms with Gasteiger partial charge in [0.2, 0.25) is 5.43 Å². The monoisotopic (exact) mass is 397 g/mol. The van der Waals surface area contributed by atoms with Crippen molar-refractivity contribution in [3.63, 3.8) is 0 Å². The minimum atomic E-state index is -0.543. The fraction of sp³-hybridized carbons (Fsp3) is 0.238. The molecule has 0 saturated carbocycles. The van der Waals surface area contributed by atoms with E-state index in [1.54, 1.807) is 48.1 Å². The van der Waals surface area contributed by atoms with Gasteiger partial charge in [-0.25, -0.2) is 4.39 Å². The van der Waals surface area contributed by atoms with Crippen LogP contribution >= 0.6 is 0 Å². The van der Waals surface area contributed by atoms with Crippen LogP contribution in [0.15, 0.2) is 59.5 Å². The van der Waals surface area contributed by atoms with Crippen molar-refractivity contribution in [2.24, 2.45) is 0 Å². The van der Waals surface area contributed by atoms with Crippen molar-refractivity contribution in [1.29, 1.82) is 0 Å². The van der Waals surface area contributed by atoms with Gasteiger partial charge in [0.15, 0.2) is 6.61 Å². The smallest absolute Gasteiger partial charge is 0.308 e. The zero-order valence-corrected chi connectivity index (χ0v) is 15.9. The molecule has 29 heavy (non-hydrogen) atoms. The van der Waals surface area contributed by atoms with Gasteiger partial charge in [0, 0.05) is 19.0 Å². The maximum atomic E-state index is 12.9. The summed E-state index contributed by atoms with van der Waals surface area (Å²) in [6.45, 7) is 0.123. The Balaban J connectivity index is 1.50. The first-order valence-electron chi connectivity index (χ1n) is 9.03. The Hall–Kier alpha value is -3.55. The summed E-state index contributed by atoms with van der Waals surface area (Å²) in [5.74, 6) is -1.26. The largest absolute Gasteiger partial charge is 0.456 e. The van der Waals surface area contributed by atoms with Crippen LogP contribution in [0.4, 0.5) is 4.39 Å². The predicted octanol–water partition coefficient (Wildman–Crippen LogP) is 2.13. The number of hydrogen-bond donors (Lipinski definition) is 0. The van der Waals surface area contributed by atoms with E-state index in [-0.39, 0.29) is 43.3 Å². The highest BCUT2D eigenvalue weighted by Gasteiger charge is 2.13. The average Bonchev–Trinajstić information content (AvgIpc) is 2.73. The van der Waals surface area contributed by atoms with Gasteiger partial charge in [0.25, 0.3) is 5.91 Å². The zero-order chi connectivity index (χ0) is 20.8. The molecule has 1 amide bonds. The van der Waals surface area contributed by atoms with Gasteiger partial charge in [-0.3, -0.25) is 19.1 Å². The molecule has 3 rings (SSSR count). The minimum Gasteiger partial charge on any atom is -0.456 e. The average molecular weight is 397 g/mol. The Labute approximate surface area is 166 Å². The molecule has 0 bridgehead atoms. The number of para-hydroxylation sites is 1. The molecule has 0 aliphatic carbocycles. The van der Waals surface area contributed by atoms with Crippen molar-refractivity contribution in [3.05, 3.63) is 76.3 Å². The fourth-order valence-electron chi connectivity index (χ4n) is 2.81. The first kappa shape index (κ1) is 20.2. The number of fused-ring (bicyclic) bond motifs is 1. The summed E-state index contributed by atoms with van der Waals surface area (Å²) in [5, 5.41) is 4.57. The molecule has 1 heterocycles. The van der Waals surface area contributed by atoms with Gasteiger partial charge in [0.1, 0.15) is 5.82 Å². The van der Waals surface area contributed by atoms with Crippen LogP contribution in [0.1, 0.15) is 12.0 Å². The molecule has 0 unspecified atom stereocenters. The fourth-order valence-corrected chi connectivity index (χ4v) is 2.81. The topological polar surface area (TPSA) is 81.5 Å². The number of amides is 1. The molecular weight excluding hydrogens is 377 g/mol. The summed E-state index contributed by atoms with van der Waals surface area (Å²) >= 11 is 0. The molecule has 0 fully saturated rings. The summed E-state index contributed by atoms with van der Waals surface area (Å²) in [7, 11) is 1.58. The van der Waals surface area contributed by atoms with Crippen molar-refractivity contribution < 1.29 is 18.7 Å². The van der Waals surface area contributed by atoms with Crippen molar-refractivity contribution in [3.8, 4) is 0 Å². The lowest BCUT2D eigenvalue weighted by Crippen LogP contribution is -2.31. The number of likely N-dealkylation sites (N-methyl/N-ethyl adjacent to an activating group) is 1. The molecule has 0 aliphatic heterocycles. The number of aromatic nitrogens is 2. The zero-order valence-electron chi connectivity index (χ0n) is 15.9. The highest BCUT2D eigenvalue weighted by molar-refractivity contribution is 5.81. The molecule has 1 aromatic heterocycles. The molecular formula is C21H20FN3O4. The van der Waals surface area contributed by atoms with Crippen LogP contribution in [-0.4, -0.2) is 40.2 Å². The van der Waals surface area contributed by atoms with E-state index in [0.29, 0.717) is 10.9 Å². The predicted molar refractivity (Wildman–Crippen MR) is 104 cm³/mol. The van der Waals surface area contributed by atoms with Gasteiger partial charge < -0.3 is 9.64 Å². The molecule has 0 N–H and O–H groups in total. The first-order valence-corrected chi connectivity index (χ1v) is 9.03. The number of rotatable bonds is 7. The Morgan fingerprint density at radius 1 is 1.14 bits per heavy atom.